The van der Waals surface area contributed by atoms with Gasteiger partial charge < -0.3 is 4.90 Å². The summed E-state index contributed by atoms with van der Waals surface area (Å²) in [5, 5.41) is 0.331. The second-order valence-corrected chi connectivity index (χ2v) is 6.78. The molecule has 2 aliphatic heterocycles. The largest absolute Gasteiger partial charge is 0.306 e. The third-order valence-corrected chi connectivity index (χ3v) is 5.24. The molecule has 20 heavy (non-hydrogen) atoms. The van der Waals surface area contributed by atoms with E-state index in [1.165, 1.54) is 51.9 Å². The van der Waals surface area contributed by atoms with Crippen molar-refractivity contribution in [1.82, 2.24) is 19.8 Å². The van der Waals surface area contributed by atoms with E-state index >= 15 is 0 Å². The van der Waals surface area contributed by atoms with Gasteiger partial charge in [-0.05, 0) is 75.9 Å². The van der Waals surface area contributed by atoms with E-state index in [4.69, 9.17) is 11.6 Å². The molecule has 1 aromatic rings. The first-order chi connectivity index (χ1) is 9.65. The van der Waals surface area contributed by atoms with E-state index in [9.17, 15) is 0 Å². The Kier molecular flexibility index (Phi) is 4.24. The van der Waals surface area contributed by atoms with Crippen molar-refractivity contribution in [2.75, 3.05) is 33.2 Å². The highest BCUT2D eigenvalue weighted by Gasteiger charge is 2.36. The first-order valence-corrected chi connectivity index (χ1v) is 7.90. The summed E-state index contributed by atoms with van der Waals surface area (Å²) in [7, 11) is 2.24. The van der Waals surface area contributed by atoms with Crippen LogP contribution in [-0.2, 0) is 6.54 Å². The quantitative estimate of drug-likeness (QED) is 0.784. The van der Waals surface area contributed by atoms with Gasteiger partial charge in [0.1, 0.15) is 0 Å². The standard InChI is InChI=1S/C15H23ClN4/c1-19-6-2-15(3-7-19)4-8-20(9-5-15)12-13-10-17-14(16)18-11-13/h10-11H,2-9,12H2,1H3. The Hall–Kier alpha value is -0.710. The van der Waals surface area contributed by atoms with E-state index in [1.807, 2.05) is 12.4 Å². The molecular formula is C15H23ClN4. The minimum absolute atomic E-state index is 0.331. The van der Waals surface area contributed by atoms with Gasteiger partial charge in [-0.2, -0.15) is 0 Å². The van der Waals surface area contributed by atoms with Crippen molar-refractivity contribution in [2.45, 2.75) is 32.2 Å². The Morgan fingerprint density at radius 2 is 1.60 bits per heavy atom. The Labute approximate surface area is 126 Å². The Morgan fingerprint density at radius 1 is 1.05 bits per heavy atom. The maximum atomic E-state index is 5.72. The Bertz CT molecular complexity index is 430. The van der Waals surface area contributed by atoms with Crippen LogP contribution in [0.2, 0.25) is 5.28 Å². The minimum Gasteiger partial charge on any atom is -0.306 e. The van der Waals surface area contributed by atoms with Crippen LogP contribution >= 0.6 is 11.6 Å². The van der Waals surface area contributed by atoms with Crippen molar-refractivity contribution >= 4 is 11.6 Å². The molecular weight excluding hydrogens is 272 g/mol. The molecule has 0 aliphatic carbocycles. The molecule has 2 fully saturated rings. The molecule has 0 atom stereocenters. The maximum absolute atomic E-state index is 5.72. The van der Waals surface area contributed by atoms with Crippen LogP contribution in [-0.4, -0.2) is 53.0 Å². The Balaban J connectivity index is 1.52. The molecule has 0 bridgehead atoms. The van der Waals surface area contributed by atoms with Crippen molar-refractivity contribution in [3.8, 4) is 0 Å². The number of halogens is 1. The molecule has 110 valence electrons. The second kappa shape index (κ2) is 5.96. The van der Waals surface area contributed by atoms with E-state index in [1.54, 1.807) is 0 Å². The average Bonchev–Trinajstić information content (AvgIpc) is 2.47. The molecule has 0 radical (unpaired) electrons. The van der Waals surface area contributed by atoms with Gasteiger partial charge in [0.25, 0.3) is 0 Å². The van der Waals surface area contributed by atoms with Crippen LogP contribution in [0.15, 0.2) is 12.4 Å². The van der Waals surface area contributed by atoms with Gasteiger partial charge in [0.15, 0.2) is 0 Å². The third kappa shape index (κ3) is 3.30. The highest BCUT2D eigenvalue weighted by atomic mass is 35.5. The van der Waals surface area contributed by atoms with E-state index in [2.05, 4.69) is 26.8 Å². The zero-order valence-electron chi connectivity index (χ0n) is 12.2. The van der Waals surface area contributed by atoms with Crippen molar-refractivity contribution < 1.29 is 0 Å². The van der Waals surface area contributed by atoms with Gasteiger partial charge in [-0.25, -0.2) is 9.97 Å². The summed E-state index contributed by atoms with van der Waals surface area (Å²) in [6.07, 6.45) is 9.12. The molecule has 4 nitrogen and oxygen atoms in total. The molecule has 0 amide bonds. The number of nitrogens with zero attached hydrogens (tertiary/aromatic N) is 4. The molecule has 2 saturated heterocycles. The normalized spacial score (nSPS) is 24.1. The summed E-state index contributed by atoms with van der Waals surface area (Å²) in [5.74, 6) is 0. The van der Waals surface area contributed by atoms with Crippen LogP contribution in [0, 0.1) is 5.41 Å². The predicted molar refractivity (Wildman–Crippen MR) is 80.7 cm³/mol. The lowest BCUT2D eigenvalue weighted by molar-refractivity contribution is 0.0400. The summed E-state index contributed by atoms with van der Waals surface area (Å²) in [6, 6.07) is 0. The minimum atomic E-state index is 0.331. The van der Waals surface area contributed by atoms with Crippen molar-refractivity contribution in [1.29, 1.82) is 0 Å². The number of piperidine rings is 2. The van der Waals surface area contributed by atoms with Gasteiger partial charge in [-0.15, -0.1) is 0 Å². The first-order valence-electron chi connectivity index (χ1n) is 7.53. The van der Waals surface area contributed by atoms with Crippen LogP contribution in [0.1, 0.15) is 31.2 Å². The second-order valence-electron chi connectivity index (χ2n) is 6.44. The zero-order chi connectivity index (χ0) is 14.0. The summed E-state index contributed by atoms with van der Waals surface area (Å²) >= 11 is 5.72. The summed E-state index contributed by atoms with van der Waals surface area (Å²) in [4.78, 5) is 13.1. The molecule has 0 N–H and O–H groups in total. The molecule has 1 spiro atoms. The van der Waals surface area contributed by atoms with Crippen LogP contribution < -0.4 is 0 Å². The predicted octanol–water partition coefficient (Wildman–Crippen LogP) is 2.44. The molecule has 0 saturated carbocycles. The Morgan fingerprint density at radius 3 is 2.20 bits per heavy atom. The van der Waals surface area contributed by atoms with Crippen LogP contribution in [0.25, 0.3) is 0 Å². The van der Waals surface area contributed by atoms with Gasteiger partial charge in [0, 0.05) is 24.5 Å². The van der Waals surface area contributed by atoms with Gasteiger partial charge in [-0.3, -0.25) is 4.90 Å². The number of rotatable bonds is 2. The highest BCUT2D eigenvalue weighted by Crippen LogP contribution is 2.41. The molecule has 2 aliphatic rings. The lowest BCUT2D eigenvalue weighted by Gasteiger charge is -2.46. The van der Waals surface area contributed by atoms with Gasteiger partial charge >= 0.3 is 0 Å². The molecule has 3 rings (SSSR count). The molecule has 3 heterocycles. The molecule has 0 aromatic carbocycles. The summed E-state index contributed by atoms with van der Waals surface area (Å²) in [6.45, 7) is 5.89. The number of aromatic nitrogens is 2. The van der Waals surface area contributed by atoms with Crippen LogP contribution in [0.5, 0.6) is 0 Å². The lowest BCUT2D eigenvalue weighted by Crippen LogP contribution is -2.45. The van der Waals surface area contributed by atoms with Crippen LogP contribution in [0.4, 0.5) is 0 Å². The average molecular weight is 295 g/mol. The molecule has 1 aromatic heterocycles. The lowest BCUT2D eigenvalue weighted by atomic mass is 9.71. The van der Waals surface area contributed by atoms with E-state index in [-0.39, 0.29) is 0 Å². The fourth-order valence-electron chi connectivity index (χ4n) is 3.46. The maximum Gasteiger partial charge on any atom is 0.222 e. The van der Waals surface area contributed by atoms with E-state index in [0.717, 1.165) is 12.1 Å². The third-order valence-electron chi connectivity index (χ3n) is 5.04. The smallest absolute Gasteiger partial charge is 0.222 e. The monoisotopic (exact) mass is 294 g/mol. The molecule has 5 heteroatoms. The topological polar surface area (TPSA) is 32.3 Å². The van der Waals surface area contributed by atoms with E-state index < -0.39 is 0 Å². The SMILES string of the molecule is CN1CCC2(CC1)CCN(Cc1cnc(Cl)nc1)CC2. The van der Waals surface area contributed by atoms with Gasteiger partial charge in [0.05, 0.1) is 0 Å². The van der Waals surface area contributed by atoms with Crippen molar-refractivity contribution in [3.05, 3.63) is 23.2 Å². The fourth-order valence-corrected chi connectivity index (χ4v) is 3.55. The van der Waals surface area contributed by atoms with Gasteiger partial charge in [-0.1, -0.05) is 0 Å². The van der Waals surface area contributed by atoms with Crippen molar-refractivity contribution in [2.24, 2.45) is 5.41 Å². The van der Waals surface area contributed by atoms with Gasteiger partial charge in [0.2, 0.25) is 5.28 Å². The number of likely N-dealkylation sites (tertiary alicyclic amines) is 2. The van der Waals surface area contributed by atoms with Crippen LogP contribution in [0.3, 0.4) is 0 Å². The number of hydrogen-bond donors (Lipinski definition) is 0. The fraction of sp³-hybridized carbons (Fsp3) is 0.733. The highest BCUT2D eigenvalue weighted by molar-refractivity contribution is 6.28. The van der Waals surface area contributed by atoms with Crippen molar-refractivity contribution in [3.63, 3.8) is 0 Å². The summed E-state index contributed by atoms with van der Waals surface area (Å²) < 4.78 is 0. The molecule has 0 unspecified atom stereocenters. The van der Waals surface area contributed by atoms with E-state index in [0.29, 0.717) is 10.7 Å². The first kappa shape index (κ1) is 14.2. The zero-order valence-corrected chi connectivity index (χ0v) is 12.9. The summed E-state index contributed by atoms with van der Waals surface area (Å²) in [5.41, 5.74) is 1.79. The number of hydrogen-bond acceptors (Lipinski definition) is 4.